The van der Waals surface area contributed by atoms with Gasteiger partial charge in [0.05, 0.1) is 18.3 Å². The van der Waals surface area contributed by atoms with E-state index in [2.05, 4.69) is 31.0 Å². The van der Waals surface area contributed by atoms with Gasteiger partial charge in [-0.1, -0.05) is 51.3 Å². The Balaban J connectivity index is 1.96. The first-order valence-electron chi connectivity index (χ1n) is 7.31. The second-order valence-corrected chi connectivity index (χ2v) is 5.09. The lowest BCUT2D eigenvalue weighted by Crippen LogP contribution is -2.11. The van der Waals surface area contributed by atoms with E-state index < -0.39 is 0 Å². The highest BCUT2D eigenvalue weighted by Gasteiger charge is 2.07. The van der Waals surface area contributed by atoms with Crippen LogP contribution in [0.15, 0.2) is 36.5 Å². The lowest BCUT2D eigenvalue weighted by Gasteiger charge is -2.15. The second-order valence-electron chi connectivity index (χ2n) is 5.09. The van der Waals surface area contributed by atoms with Crippen molar-refractivity contribution in [1.29, 1.82) is 0 Å². The van der Waals surface area contributed by atoms with Crippen molar-refractivity contribution < 1.29 is 4.74 Å². The van der Waals surface area contributed by atoms with Gasteiger partial charge in [-0.3, -0.25) is 4.98 Å². The molecule has 2 nitrogen and oxygen atoms in total. The van der Waals surface area contributed by atoms with Gasteiger partial charge >= 0.3 is 0 Å². The average molecular weight is 257 g/mol. The van der Waals surface area contributed by atoms with E-state index in [0.717, 1.165) is 23.3 Å². The van der Waals surface area contributed by atoms with Crippen molar-refractivity contribution in [3.05, 3.63) is 36.5 Å². The van der Waals surface area contributed by atoms with E-state index in [4.69, 9.17) is 4.74 Å². The molecule has 1 aromatic heterocycles. The van der Waals surface area contributed by atoms with E-state index in [0.29, 0.717) is 5.92 Å². The molecule has 0 N–H and O–H groups in total. The standard InChI is InChI=1S/C17H23NO/c1-3-5-8-14(4-2)13-19-16-11-15-9-6-7-10-17(15)18-12-16/h6-7,9-12,14H,3-5,8,13H2,1-2H3. The minimum Gasteiger partial charge on any atom is -0.492 e. The Morgan fingerprint density at radius 2 is 2.05 bits per heavy atom. The van der Waals surface area contributed by atoms with Gasteiger partial charge in [-0.15, -0.1) is 0 Å². The van der Waals surface area contributed by atoms with Crippen LogP contribution in [-0.4, -0.2) is 11.6 Å². The Morgan fingerprint density at radius 3 is 2.84 bits per heavy atom. The van der Waals surface area contributed by atoms with Crippen LogP contribution < -0.4 is 4.74 Å². The van der Waals surface area contributed by atoms with Gasteiger partial charge in [0.15, 0.2) is 0 Å². The summed E-state index contributed by atoms with van der Waals surface area (Å²) >= 11 is 0. The van der Waals surface area contributed by atoms with Crippen molar-refractivity contribution in [3.8, 4) is 5.75 Å². The summed E-state index contributed by atoms with van der Waals surface area (Å²) in [6, 6.07) is 10.2. The molecule has 0 fully saturated rings. The third kappa shape index (κ3) is 3.95. The number of fused-ring (bicyclic) bond motifs is 1. The fourth-order valence-electron chi connectivity index (χ4n) is 2.24. The minimum absolute atomic E-state index is 0.659. The van der Waals surface area contributed by atoms with E-state index in [1.807, 2.05) is 24.4 Å². The summed E-state index contributed by atoms with van der Waals surface area (Å²) in [6.45, 7) is 5.28. The molecule has 0 aliphatic heterocycles. The molecule has 19 heavy (non-hydrogen) atoms. The monoisotopic (exact) mass is 257 g/mol. The Labute approximate surface area is 115 Å². The molecular weight excluding hydrogens is 234 g/mol. The maximum atomic E-state index is 5.90. The van der Waals surface area contributed by atoms with Crippen LogP contribution in [0.5, 0.6) is 5.75 Å². The van der Waals surface area contributed by atoms with Crippen LogP contribution in [0.1, 0.15) is 39.5 Å². The number of pyridine rings is 1. The SMILES string of the molecule is CCCCC(CC)COc1cnc2ccccc2c1. The third-order valence-corrected chi connectivity index (χ3v) is 3.59. The first-order chi connectivity index (χ1) is 9.33. The predicted molar refractivity (Wildman–Crippen MR) is 80.5 cm³/mol. The molecule has 2 heteroatoms. The summed E-state index contributed by atoms with van der Waals surface area (Å²) in [7, 11) is 0. The van der Waals surface area contributed by atoms with Gasteiger partial charge in [-0.25, -0.2) is 0 Å². The van der Waals surface area contributed by atoms with Crippen LogP contribution in [0, 0.1) is 5.92 Å². The molecule has 0 amide bonds. The summed E-state index contributed by atoms with van der Waals surface area (Å²) in [5.41, 5.74) is 1.02. The zero-order valence-corrected chi connectivity index (χ0v) is 11.9. The molecule has 0 saturated carbocycles. The molecule has 0 saturated heterocycles. The number of hydrogen-bond acceptors (Lipinski definition) is 2. The van der Waals surface area contributed by atoms with E-state index in [1.165, 1.54) is 25.7 Å². The van der Waals surface area contributed by atoms with Gasteiger partial charge < -0.3 is 4.74 Å². The van der Waals surface area contributed by atoms with Crippen LogP contribution in [0.2, 0.25) is 0 Å². The molecule has 2 aromatic rings. The Morgan fingerprint density at radius 1 is 1.21 bits per heavy atom. The summed E-state index contributed by atoms with van der Waals surface area (Å²) in [5.74, 6) is 1.54. The maximum absolute atomic E-state index is 5.90. The average Bonchev–Trinajstić information content (AvgIpc) is 2.47. The Bertz CT molecular complexity index is 509. The molecule has 1 aromatic carbocycles. The van der Waals surface area contributed by atoms with E-state index in [9.17, 15) is 0 Å². The molecule has 1 heterocycles. The van der Waals surface area contributed by atoms with Gasteiger partial charge in [0.2, 0.25) is 0 Å². The zero-order valence-electron chi connectivity index (χ0n) is 11.9. The molecule has 0 spiro atoms. The first kappa shape index (κ1) is 13.9. The van der Waals surface area contributed by atoms with Gasteiger partial charge in [-0.05, 0) is 24.5 Å². The number of hydrogen-bond donors (Lipinski definition) is 0. The number of rotatable bonds is 7. The molecule has 0 bridgehead atoms. The van der Waals surface area contributed by atoms with Gasteiger partial charge in [0.1, 0.15) is 5.75 Å². The lowest BCUT2D eigenvalue weighted by molar-refractivity contribution is 0.233. The Kier molecular flexibility index (Phi) is 5.20. The Hall–Kier alpha value is -1.57. The lowest BCUT2D eigenvalue weighted by atomic mass is 10.0. The molecule has 0 aliphatic carbocycles. The minimum atomic E-state index is 0.659. The number of nitrogens with zero attached hydrogens (tertiary/aromatic N) is 1. The van der Waals surface area contributed by atoms with Crippen LogP contribution >= 0.6 is 0 Å². The van der Waals surface area contributed by atoms with Crippen LogP contribution in [-0.2, 0) is 0 Å². The zero-order chi connectivity index (χ0) is 13.5. The summed E-state index contributed by atoms with van der Waals surface area (Å²) in [4.78, 5) is 4.42. The fourth-order valence-corrected chi connectivity index (χ4v) is 2.24. The van der Waals surface area contributed by atoms with Crippen LogP contribution in [0.25, 0.3) is 10.9 Å². The van der Waals surface area contributed by atoms with Crippen molar-refractivity contribution in [2.45, 2.75) is 39.5 Å². The maximum Gasteiger partial charge on any atom is 0.138 e. The fraction of sp³-hybridized carbons (Fsp3) is 0.471. The van der Waals surface area contributed by atoms with Crippen molar-refractivity contribution in [1.82, 2.24) is 4.98 Å². The number of ether oxygens (including phenoxy) is 1. The van der Waals surface area contributed by atoms with E-state index >= 15 is 0 Å². The first-order valence-corrected chi connectivity index (χ1v) is 7.31. The predicted octanol–water partition coefficient (Wildman–Crippen LogP) is 4.83. The molecule has 102 valence electrons. The summed E-state index contributed by atoms with van der Waals surface area (Å²) in [5, 5.41) is 1.14. The molecular formula is C17H23NO. The van der Waals surface area contributed by atoms with E-state index in [1.54, 1.807) is 0 Å². The number of benzene rings is 1. The highest BCUT2D eigenvalue weighted by atomic mass is 16.5. The van der Waals surface area contributed by atoms with Crippen LogP contribution in [0.3, 0.4) is 0 Å². The number of unbranched alkanes of at least 4 members (excludes halogenated alkanes) is 1. The second kappa shape index (κ2) is 7.13. The normalized spacial score (nSPS) is 12.5. The highest BCUT2D eigenvalue weighted by Crippen LogP contribution is 2.20. The third-order valence-electron chi connectivity index (χ3n) is 3.59. The number of para-hydroxylation sites is 1. The van der Waals surface area contributed by atoms with E-state index in [-0.39, 0.29) is 0 Å². The van der Waals surface area contributed by atoms with Gasteiger partial charge in [-0.2, -0.15) is 0 Å². The highest BCUT2D eigenvalue weighted by molar-refractivity contribution is 5.79. The molecule has 0 radical (unpaired) electrons. The molecule has 1 unspecified atom stereocenters. The van der Waals surface area contributed by atoms with Gasteiger partial charge in [0, 0.05) is 5.39 Å². The quantitative estimate of drug-likeness (QED) is 0.708. The van der Waals surface area contributed by atoms with Crippen molar-refractivity contribution >= 4 is 10.9 Å². The number of aromatic nitrogens is 1. The van der Waals surface area contributed by atoms with Crippen LogP contribution in [0.4, 0.5) is 0 Å². The molecule has 2 rings (SSSR count). The molecule has 1 atom stereocenters. The van der Waals surface area contributed by atoms with Gasteiger partial charge in [0.25, 0.3) is 0 Å². The van der Waals surface area contributed by atoms with Crippen molar-refractivity contribution in [2.75, 3.05) is 6.61 Å². The molecule has 0 aliphatic rings. The largest absolute Gasteiger partial charge is 0.492 e. The van der Waals surface area contributed by atoms with Crippen molar-refractivity contribution in [2.24, 2.45) is 5.92 Å². The smallest absolute Gasteiger partial charge is 0.138 e. The van der Waals surface area contributed by atoms with Crippen molar-refractivity contribution in [3.63, 3.8) is 0 Å². The summed E-state index contributed by atoms with van der Waals surface area (Å²) < 4.78 is 5.90. The summed E-state index contributed by atoms with van der Waals surface area (Å²) in [6.07, 6.45) is 6.82. The topological polar surface area (TPSA) is 22.1 Å².